The molecule has 1 aromatic heterocycles. The number of nitrogens with two attached hydrogens (primary N) is 1. The molecular formula is C15H15FN2O. The van der Waals surface area contributed by atoms with E-state index >= 15 is 0 Å². The Morgan fingerprint density at radius 2 is 2.26 bits per heavy atom. The van der Waals surface area contributed by atoms with Crippen LogP contribution in [0.1, 0.15) is 16.7 Å². The van der Waals surface area contributed by atoms with Crippen LogP contribution >= 0.6 is 0 Å². The molecule has 0 fully saturated rings. The van der Waals surface area contributed by atoms with Crippen LogP contribution in [0.25, 0.3) is 0 Å². The second-order valence-corrected chi connectivity index (χ2v) is 4.96. The van der Waals surface area contributed by atoms with Crippen molar-refractivity contribution in [1.29, 1.82) is 0 Å². The number of hydrogen-bond donors (Lipinski definition) is 1. The number of aryl methyl sites for hydroxylation is 1. The molecule has 1 aliphatic rings. The average Bonchev–Trinajstić information content (AvgIpc) is 2.75. The standard InChI is InChI=1S/C15H15FN2O/c1-9-4-11(15(17)18-8-9)7-13-6-10-5-12(16)2-3-14(10)19-13/h2-5,8,13H,6-7H2,1H3,(H2,17,18). The second-order valence-electron chi connectivity index (χ2n) is 4.96. The third-order valence-electron chi connectivity index (χ3n) is 3.35. The summed E-state index contributed by atoms with van der Waals surface area (Å²) in [6.45, 7) is 1.98. The minimum atomic E-state index is -0.222. The van der Waals surface area contributed by atoms with E-state index < -0.39 is 0 Å². The molecule has 1 atom stereocenters. The van der Waals surface area contributed by atoms with Gasteiger partial charge in [0, 0.05) is 24.6 Å². The van der Waals surface area contributed by atoms with Crippen molar-refractivity contribution in [3.63, 3.8) is 0 Å². The molecule has 0 amide bonds. The number of fused-ring (bicyclic) bond motifs is 1. The van der Waals surface area contributed by atoms with Gasteiger partial charge in [0.05, 0.1) is 0 Å². The topological polar surface area (TPSA) is 48.1 Å². The first kappa shape index (κ1) is 12.0. The van der Waals surface area contributed by atoms with Crippen LogP contribution in [-0.2, 0) is 12.8 Å². The SMILES string of the molecule is Cc1cnc(N)c(CC2Cc3cc(F)ccc3O2)c1. The van der Waals surface area contributed by atoms with E-state index in [1.165, 1.54) is 12.1 Å². The van der Waals surface area contributed by atoms with E-state index in [4.69, 9.17) is 10.5 Å². The molecule has 1 aromatic carbocycles. The Bertz CT molecular complexity index is 628. The zero-order valence-electron chi connectivity index (χ0n) is 10.7. The number of nitrogens with zero attached hydrogens (tertiary/aromatic N) is 1. The number of anilines is 1. The van der Waals surface area contributed by atoms with Crippen LogP contribution in [0.15, 0.2) is 30.5 Å². The zero-order valence-corrected chi connectivity index (χ0v) is 10.7. The number of rotatable bonds is 2. The van der Waals surface area contributed by atoms with Gasteiger partial charge in [-0.05, 0) is 36.2 Å². The fraction of sp³-hybridized carbons (Fsp3) is 0.267. The van der Waals surface area contributed by atoms with Crippen molar-refractivity contribution in [2.45, 2.75) is 25.9 Å². The van der Waals surface area contributed by atoms with Gasteiger partial charge in [-0.2, -0.15) is 0 Å². The quantitative estimate of drug-likeness (QED) is 0.900. The predicted molar refractivity (Wildman–Crippen MR) is 71.6 cm³/mol. The van der Waals surface area contributed by atoms with Gasteiger partial charge in [-0.15, -0.1) is 0 Å². The van der Waals surface area contributed by atoms with Crippen molar-refractivity contribution in [1.82, 2.24) is 4.98 Å². The van der Waals surface area contributed by atoms with E-state index in [1.54, 1.807) is 12.3 Å². The molecule has 2 aromatic rings. The average molecular weight is 258 g/mol. The molecule has 98 valence electrons. The van der Waals surface area contributed by atoms with Crippen molar-refractivity contribution in [2.75, 3.05) is 5.73 Å². The molecule has 0 saturated carbocycles. The Morgan fingerprint density at radius 3 is 3.11 bits per heavy atom. The van der Waals surface area contributed by atoms with E-state index in [1.807, 2.05) is 13.0 Å². The third-order valence-corrected chi connectivity index (χ3v) is 3.35. The lowest BCUT2D eigenvalue weighted by atomic mass is 10.0. The van der Waals surface area contributed by atoms with Crippen LogP contribution in [-0.4, -0.2) is 11.1 Å². The summed E-state index contributed by atoms with van der Waals surface area (Å²) in [6, 6.07) is 6.66. The maximum Gasteiger partial charge on any atom is 0.126 e. The van der Waals surface area contributed by atoms with E-state index in [9.17, 15) is 4.39 Å². The number of nitrogen functional groups attached to an aromatic ring is 1. The Kier molecular flexibility index (Phi) is 2.85. The summed E-state index contributed by atoms with van der Waals surface area (Å²) in [4.78, 5) is 4.15. The molecule has 0 spiro atoms. The Labute approximate surface area is 111 Å². The first-order valence-corrected chi connectivity index (χ1v) is 6.28. The number of halogens is 1. The van der Waals surface area contributed by atoms with E-state index in [-0.39, 0.29) is 11.9 Å². The lowest BCUT2D eigenvalue weighted by molar-refractivity contribution is 0.233. The molecule has 2 heterocycles. The number of aromatic nitrogens is 1. The first-order valence-electron chi connectivity index (χ1n) is 6.28. The molecule has 19 heavy (non-hydrogen) atoms. The van der Waals surface area contributed by atoms with Gasteiger partial charge in [-0.1, -0.05) is 6.07 Å². The van der Waals surface area contributed by atoms with E-state index in [0.717, 1.165) is 22.4 Å². The smallest absolute Gasteiger partial charge is 0.126 e. The van der Waals surface area contributed by atoms with Gasteiger partial charge in [0.2, 0.25) is 0 Å². The molecule has 4 heteroatoms. The molecular weight excluding hydrogens is 243 g/mol. The molecule has 2 N–H and O–H groups in total. The van der Waals surface area contributed by atoms with Gasteiger partial charge >= 0.3 is 0 Å². The van der Waals surface area contributed by atoms with Crippen LogP contribution in [0.2, 0.25) is 0 Å². The monoisotopic (exact) mass is 258 g/mol. The van der Waals surface area contributed by atoms with Gasteiger partial charge in [0.25, 0.3) is 0 Å². The van der Waals surface area contributed by atoms with Gasteiger partial charge < -0.3 is 10.5 Å². The van der Waals surface area contributed by atoms with Gasteiger partial charge in [0.1, 0.15) is 23.5 Å². The van der Waals surface area contributed by atoms with Gasteiger partial charge in [-0.3, -0.25) is 0 Å². The number of pyridine rings is 1. The summed E-state index contributed by atoms with van der Waals surface area (Å²) >= 11 is 0. The molecule has 1 aliphatic heterocycles. The fourth-order valence-electron chi connectivity index (χ4n) is 2.45. The number of ether oxygens (including phenoxy) is 1. The summed E-state index contributed by atoms with van der Waals surface area (Å²) in [6.07, 6.45) is 3.15. The largest absolute Gasteiger partial charge is 0.489 e. The zero-order chi connectivity index (χ0) is 13.4. The minimum Gasteiger partial charge on any atom is -0.489 e. The summed E-state index contributed by atoms with van der Waals surface area (Å²) in [5.74, 6) is 1.08. The first-order chi connectivity index (χ1) is 9.11. The Morgan fingerprint density at radius 1 is 1.42 bits per heavy atom. The van der Waals surface area contributed by atoms with Crippen LogP contribution in [0, 0.1) is 12.7 Å². The maximum atomic E-state index is 13.1. The van der Waals surface area contributed by atoms with Crippen LogP contribution in [0.4, 0.5) is 10.2 Å². The maximum absolute atomic E-state index is 13.1. The number of hydrogen-bond acceptors (Lipinski definition) is 3. The van der Waals surface area contributed by atoms with Crippen LogP contribution < -0.4 is 10.5 Å². The molecule has 1 unspecified atom stereocenters. The van der Waals surface area contributed by atoms with Crippen molar-refractivity contribution in [2.24, 2.45) is 0 Å². The summed E-state index contributed by atoms with van der Waals surface area (Å²) < 4.78 is 19.0. The van der Waals surface area contributed by atoms with Gasteiger partial charge in [-0.25, -0.2) is 9.37 Å². The van der Waals surface area contributed by atoms with Crippen molar-refractivity contribution < 1.29 is 9.13 Å². The van der Waals surface area contributed by atoms with Crippen molar-refractivity contribution in [3.8, 4) is 5.75 Å². The highest BCUT2D eigenvalue weighted by Crippen LogP contribution is 2.31. The lowest BCUT2D eigenvalue weighted by Gasteiger charge is -2.12. The fourth-order valence-corrected chi connectivity index (χ4v) is 2.45. The molecule has 3 rings (SSSR count). The number of benzene rings is 1. The molecule has 0 saturated heterocycles. The highest BCUT2D eigenvalue weighted by molar-refractivity contribution is 5.43. The highest BCUT2D eigenvalue weighted by Gasteiger charge is 2.24. The summed E-state index contributed by atoms with van der Waals surface area (Å²) in [7, 11) is 0. The molecule has 0 bridgehead atoms. The van der Waals surface area contributed by atoms with E-state index in [2.05, 4.69) is 4.98 Å². The van der Waals surface area contributed by atoms with Crippen molar-refractivity contribution in [3.05, 3.63) is 53.0 Å². The third kappa shape index (κ3) is 2.38. The van der Waals surface area contributed by atoms with Crippen molar-refractivity contribution >= 4 is 5.82 Å². The highest BCUT2D eigenvalue weighted by atomic mass is 19.1. The lowest BCUT2D eigenvalue weighted by Crippen LogP contribution is -2.17. The van der Waals surface area contributed by atoms with Gasteiger partial charge in [0.15, 0.2) is 0 Å². The summed E-state index contributed by atoms with van der Waals surface area (Å²) in [5, 5.41) is 0. The Balaban J connectivity index is 1.78. The van der Waals surface area contributed by atoms with Crippen LogP contribution in [0.3, 0.4) is 0 Å². The summed E-state index contributed by atoms with van der Waals surface area (Å²) in [5.41, 5.74) is 8.85. The molecule has 3 nitrogen and oxygen atoms in total. The predicted octanol–water partition coefficient (Wildman–Crippen LogP) is 2.66. The minimum absolute atomic E-state index is 0.00250. The van der Waals surface area contributed by atoms with Crippen LogP contribution in [0.5, 0.6) is 5.75 Å². The Hall–Kier alpha value is -2.10. The normalized spacial score (nSPS) is 17.1. The molecule has 0 aliphatic carbocycles. The second kappa shape index (κ2) is 4.53. The molecule has 0 radical (unpaired) electrons. The van der Waals surface area contributed by atoms with E-state index in [0.29, 0.717) is 18.7 Å².